The smallest absolute Gasteiger partial charge is 0.261 e. The van der Waals surface area contributed by atoms with Crippen LogP contribution in [0.2, 0.25) is 0 Å². The average molecular weight is 330 g/mol. The molecule has 1 aliphatic heterocycles. The Balaban J connectivity index is 1.72. The molecule has 0 aliphatic carbocycles. The van der Waals surface area contributed by atoms with Gasteiger partial charge in [-0.2, -0.15) is 0 Å². The molecule has 1 N–H and O–H groups in total. The third kappa shape index (κ3) is 3.32. The summed E-state index contributed by atoms with van der Waals surface area (Å²) in [4.78, 5) is 33.2. The topological polar surface area (TPSA) is 78.7 Å². The summed E-state index contributed by atoms with van der Waals surface area (Å²) in [6.45, 7) is 5.42. The molecule has 128 valence electrons. The number of carbonyl (C=O) groups excluding carboxylic acids is 1. The molecule has 2 aromatic rings. The van der Waals surface area contributed by atoms with Gasteiger partial charge in [-0.05, 0) is 18.6 Å². The summed E-state index contributed by atoms with van der Waals surface area (Å²) in [5, 5.41) is 9.50. The standard InChI is InChI=1S/C17H22N4O3/c1-13-3-2-4-14-16(13)18-12-21(17(14)24)11-15(23)20-7-5-19(6-8-20)9-10-22/h2-4,12,22H,5-11H2,1H3. The first-order chi connectivity index (χ1) is 11.6. The van der Waals surface area contributed by atoms with Crippen molar-refractivity contribution in [3.8, 4) is 0 Å². The molecule has 0 spiro atoms. The molecule has 0 bridgehead atoms. The van der Waals surface area contributed by atoms with Gasteiger partial charge in [0, 0.05) is 32.7 Å². The Labute approximate surface area is 140 Å². The molecule has 3 rings (SSSR count). The van der Waals surface area contributed by atoms with Crippen LogP contribution >= 0.6 is 0 Å². The average Bonchev–Trinajstić information content (AvgIpc) is 2.59. The predicted molar refractivity (Wildman–Crippen MR) is 90.8 cm³/mol. The van der Waals surface area contributed by atoms with Gasteiger partial charge in [-0.15, -0.1) is 0 Å². The lowest BCUT2D eigenvalue weighted by Crippen LogP contribution is -2.50. The second-order valence-corrected chi connectivity index (χ2v) is 6.09. The lowest BCUT2D eigenvalue weighted by molar-refractivity contribution is -0.133. The van der Waals surface area contributed by atoms with E-state index in [1.807, 2.05) is 19.1 Å². The number of hydrogen-bond donors (Lipinski definition) is 1. The maximum atomic E-state index is 12.6. The first-order valence-electron chi connectivity index (χ1n) is 8.16. The fraction of sp³-hybridized carbons (Fsp3) is 0.471. The van der Waals surface area contributed by atoms with E-state index < -0.39 is 0 Å². The summed E-state index contributed by atoms with van der Waals surface area (Å²) in [6, 6.07) is 5.48. The number of aryl methyl sites for hydroxylation is 1. The van der Waals surface area contributed by atoms with E-state index >= 15 is 0 Å². The van der Waals surface area contributed by atoms with Gasteiger partial charge in [-0.1, -0.05) is 12.1 Å². The van der Waals surface area contributed by atoms with Crippen LogP contribution in [-0.2, 0) is 11.3 Å². The van der Waals surface area contributed by atoms with Crippen molar-refractivity contribution in [2.45, 2.75) is 13.5 Å². The van der Waals surface area contributed by atoms with E-state index in [1.54, 1.807) is 11.0 Å². The van der Waals surface area contributed by atoms with Crippen molar-refractivity contribution in [3.05, 3.63) is 40.4 Å². The van der Waals surface area contributed by atoms with E-state index in [4.69, 9.17) is 5.11 Å². The van der Waals surface area contributed by atoms with E-state index in [2.05, 4.69) is 9.88 Å². The number of para-hydroxylation sites is 1. The molecule has 2 heterocycles. The Bertz CT molecular complexity index is 794. The van der Waals surface area contributed by atoms with Crippen molar-refractivity contribution >= 4 is 16.8 Å². The second-order valence-electron chi connectivity index (χ2n) is 6.09. The minimum atomic E-state index is -0.184. The molecule has 7 nitrogen and oxygen atoms in total. The van der Waals surface area contributed by atoms with Crippen molar-refractivity contribution < 1.29 is 9.90 Å². The van der Waals surface area contributed by atoms with Gasteiger partial charge in [-0.3, -0.25) is 19.1 Å². The molecule has 1 aliphatic rings. The monoisotopic (exact) mass is 330 g/mol. The Morgan fingerprint density at radius 1 is 1.25 bits per heavy atom. The second kappa shape index (κ2) is 7.11. The van der Waals surface area contributed by atoms with E-state index in [0.29, 0.717) is 30.5 Å². The Kier molecular flexibility index (Phi) is 4.92. The summed E-state index contributed by atoms with van der Waals surface area (Å²) < 4.78 is 1.38. The molecule has 0 atom stereocenters. The number of β-amino-alcohol motifs (C(OH)–C–C–N with tert-alkyl or cyclic N) is 1. The third-order valence-electron chi connectivity index (χ3n) is 4.50. The van der Waals surface area contributed by atoms with Crippen LogP contribution in [0.4, 0.5) is 0 Å². The zero-order chi connectivity index (χ0) is 17.1. The highest BCUT2D eigenvalue weighted by Crippen LogP contribution is 2.11. The van der Waals surface area contributed by atoms with Gasteiger partial charge in [0.2, 0.25) is 5.91 Å². The molecule has 1 saturated heterocycles. The maximum absolute atomic E-state index is 12.6. The minimum absolute atomic E-state index is 0.00964. The molecule has 0 unspecified atom stereocenters. The van der Waals surface area contributed by atoms with Crippen molar-refractivity contribution in [2.24, 2.45) is 0 Å². The molecule has 1 amide bonds. The van der Waals surface area contributed by atoms with Crippen molar-refractivity contribution in [1.29, 1.82) is 0 Å². The zero-order valence-corrected chi connectivity index (χ0v) is 13.8. The van der Waals surface area contributed by atoms with Gasteiger partial charge in [0.05, 0.1) is 23.8 Å². The number of aliphatic hydroxyl groups is 1. The third-order valence-corrected chi connectivity index (χ3v) is 4.50. The number of piperazine rings is 1. The highest BCUT2D eigenvalue weighted by molar-refractivity contribution is 5.81. The van der Waals surface area contributed by atoms with Crippen molar-refractivity contribution in [3.63, 3.8) is 0 Å². The lowest BCUT2D eigenvalue weighted by atomic mass is 10.1. The molecule has 0 saturated carbocycles. The van der Waals surface area contributed by atoms with Crippen LogP contribution in [-0.4, -0.2) is 69.7 Å². The largest absolute Gasteiger partial charge is 0.395 e. The zero-order valence-electron chi connectivity index (χ0n) is 13.8. The van der Waals surface area contributed by atoms with Crippen molar-refractivity contribution in [1.82, 2.24) is 19.4 Å². The maximum Gasteiger partial charge on any atom is 0.261 e. The summed E-state index contributed by atoms with van der Waals surface area (Å²) in [5.41, 5.74) is 1.45. The fourth-order valence-electron chi connectivity index (χ4n) is 3.06. The number of benzene rings is 1. The number of amides is 1. The van der Waals surface area contributed by atoms with Crippen LogP contribution in [0.15, 0.2) is 29.3 Å². The van der Waals surface area contributed by atoms with E-state index in [1.165, 1.54) is 10.9 Å². The molecule has 0 radical (unpaired) electrons. The molecule has 1 aromatic heterocycles. The quantitative estimate of drug-likeness (QED) is 0.843. The summed E-state index contributed by atoms with van der Waals surface area (Å²) in [6.07, 6.45) is 1.46. The van der Waals surface area contributed by atoms with E-state index in [-0.39, 0.29) is 24.6 Å². The number of hydrogen-bond acceptors (Lipinski definition) is 5. The van der Waals surface area contributed by atoms with E-state index in [9.17, 15) is 9.59 Å². The van der Waals surface area contributed by atoms with Gasteiger partial charge >= 0.3 is 0 Å². The Morgan fingerprint density at radius 2 is 2.00 bits per heavy atom. The number of carbonyl (C=O) groups is 1. The first-order valence-corrected chi connectivity index (χ1v) is 8.16. The Hall–Kier alpha value is -2.25. The summed E-state index contributed by atoms with van der Waals surface area (Å²) in [7, 11) is 0. The minimum Gasteiger partial charge on any atom is -0.395 e. The van der Waals surface area contributed by atoms with Gasteiger partial charge in [-0.25, -0.2) is 4.98 Å². The van der Waals surface area contributed by atoms with Crippen LogP contribution in [0.5, 0.6) is 0 Å². The molecule has 1 aromatic carbocycles. The molecular formula is C17H22N4O3. The van der Waals surface area contributed by atoms with Gasteiger partial charge in [0.15, 0.2) is 0 Å². The number of aliphatic hydroxyl groups excluding tert-OH is 1. The summed E-state index contributed by atoms with van der Waals surface area (Å²) in [5.74, 6) is -0.0745. The van der Waals surface area contributed by atoms with Gasteiger partial charge in [0.1, 0.15) is 6.54 Å². The molecule has 1 fully saturated rings. The molecule has 7 heteroatoms. The Morgan fingerprint density at radius 3 is 2.71 bits per heavy atom. The van der Waals surface area contributed by atoms with Crippen LogP contribution < -0.4 is 5.56 Å². The van der Waals surface area contributed by atoms with Gasteiger partial charge in [0.25, 0.3) is 5.56 Å². The number of nitrogens with zero attached hydrogens (tertiary/aromatic N) is 4. The molecule has 24 heavy (non-hydrogen) atoms. The van der Waals surface area contributed by atoms with E-state index in [0.717, 1.165) is 18.7 Å². The molecular weight excluding hydrogens is 308 g/mol. The van der Waals surface area contributed by atoms with Crippen LogP contribution in [0.1, 0.15) is 5.56 Å². The highest BCUT2D eigenvalue weighted by atomic mass is 16.3. The predicted octanol–water partition coefficient (Wildman–Crippen LogP) is -0.159. The van der Waals surface area contributed by atoms with Gasteiger partial charge < -0.3 is 10.0 Å². The summed E-state index contributed by atoms with van der Waals surface area (Å²) >= 11 is 0. The number of fused-ring (bicyclic) bond motifs is 1. The number of rotatable bonds is 4. The van der Waals surface area contributed by atoms with Crippen LogP contribution in [0, 0.1) is 6.92 Å². The van der Waals surface area contributed by atoms with Crippen LogP contribution in [0.3, 0.4) is 0 Å². The SMILES string of the molecule is Cc1cccc2c(=O)n(CC(=O)N3CCN(CCO)CC3)cnc12. The normalized spacial score (nSPS) is 15.8. The first kappa shape index (κ1) is 16.6. The van der Waals surface area contributed by atoms with Crippen LogP contribution in [0.25, 0.3) is 10.9 Å². The highest BCUT2D eigenvalue weighted by Gasteiger charge is 2.21. The fourth-order valence-corrected chi connectivity index (χ4v) is 3.06. The lowest BCUT2D eigenvalue weighted by Gasteiger charge is -2.34. The van der Waals surface area contributed by atoms with Crippen molar-refractivity contribution in [2.75, 3.05) is 39.3 Å². The number of aromatic nitrogens is 2.